The summed E-state index contributed by atoms with van der Waals surface area (Å²) in [5.74, 6) is -0.0252. The Bertz CT molecular complexity index is 270. The summed E-state index contributed by atoms with van der Waals surface area (Å²) >= 11 is 0. The molecule has 1 aliphatic heterocycles. The summed E-state index contributed by atoms with van der Waals surface area (Å²) in [6.07, 6.45) is 1.71. The van der Waals surface area contributed by atoms with Crippen molar-refractivity contribution in [1.82, 2.24) is 4.72 Å². The second-order valence-corrected chi connectivity index (χ2v) is 5.77. The Morgan fingerprint density at radius 1 is 1.57 bits per heavy atom. The highest BCUT2D eigenvalue weighted by Gasteiger charge is 2.31. The van der Waals surface area contributed by atoms with Gasteiger partial charge in [-0.2, -0.15) is 0 Å². The van der Waals surface area contributed by atoms with Gasteiger partial charge in [0.2, 0.25) is 10.0 Å². The second kappa shape index (κ2) is 4.57. The normalized spacial score (nSPS) is 29.0. The highest BCUT2D eigenvalue weighted by Crippen LogP contribution is 2.19. The van der Waals surface area contributed by atoms with Gasteiger partial charge in [-0.15, -0.1) is 0 Å². The van der Waals surface area contributed by atoms with E-state index < -0.39 is 15.6 Å². The molecule has 1 heterocycles. The van der Waals surface area contributed by atoms with E-state index in [1.165, 1.54) is 0 Å². The largest absolute Gasteiger partial charge is 0.380 e. The zero-order chi connectivity index (χ0) is 10.7. The Morgan fingerprint density at radius 2 is 2.29 bits per heavy atom. The van der Waals surface area contributed by atoms with Gasteiger partial charge < -0.3 is 10.5 Å². The molecule has 14 heavy (non-hydrogen) atoms. The van der Waals surface area contributed by atoms with E-state index in [0.29, 0.717) is 13.2 Å². The van der Waals surface area contributed by atoms with Crippen molar-refractivity contribution in [2.45, 2.75) is 25.3 Å². The van der Waals surface area contributed by atoms with E-state index in [1.54, 1.807) is 0 Å². The van der Waals surface area contributed by atoms with Crippen molar-refractivity contribution in [3.63, 3.8) is 0 Å². The van der Waals surface area contributed by atoms with Gasteiger partial charge >= 0.3 is 0 Å². The van der Waals surface area contributed by atoms with E-state index in [9.17, 15) is 8.42 Å². The third-order valence-electron chi connectivity index (χ3n) is 2.23. The number of hydrogen-bond donors (Lipinski definition) is 2. The summed E-state index contributed by atoms with van der Waals surface area (Å²) in [5, 5.41) is 0. The Morgan fingerprint density at radius 3 is 2.79 bits per heavy atom. The fourth-order valence-corrected chi connectivity index (χ4v) is 2.92. The van der Waals surface area contributed by atoms with Crippen LogP contribution in [0.25, 0.3) is 0 Å². The smallest absolute Gasteiger partial charge is 0.213 e. The van der Waals surface area contributed by atoms with Crippen molar-refractivity contribution in [3.8, 4) is 0 Å². The van der Waals surface area contributed by atoms with Crippen LogP contribution in [-0.2, 0) is 14.8 Å². The van der Waals surface area contributed by atoms with Crippen molar-refractivity contribution in [2.24, 2.45) is 5.73 Å². The summed E-state index contributed by atoms with van der Waals surface area (Å²) in [4.78, 5) is 0. The number of sulfonamides is 1. The molecule has 0 radical (unpaired) electrons. The predicted molar refractivity (Wildman–Crippen MR) is 54.4 cm³/mol. The molecule has 5 nitrogen and oxygen atoms in total. The van der Waals surface area contributed by atoms with Crippen LogP contribution in [0.5, 0.6) is 0 Å². The van der Waals surface area contributed by atoms with Crippen molar-refractivity contribution in [2.75, 3.05) is 25.5 Å². The minimum atomic E-state index is -3.24. The average Bonchev–Trinajstić information content (AvgIpc) is 2.02. The van der Waals surface area contributed by atoms with E-state index in [1.807, 2.05) is 6.92 Å². The first-order valence-electron chi connectivity index (χ1n) is 4.77. The molecule has 1 rings (SSSR count). The summed E-state index contributed by atoms with van der Waals surface area (Å²) in [5.41, 5.74) is 4.76. The van der Waals surface area contributed by atoms with E-state index >= 15 is 0 Å². The summed E-state index contributed by atoms with van der Waals surface area (Å²) < 4.78 is 30.8. The lowest BCUT2D eigenvalue weighted by atomic mass is 9.97. The van der Waals surface area contributed by atoms with Crippen molar-refractivity contribution in [1.29, 1.82) is 0 Å². The van der Waals surface area contributed by atoms with Crippen molar-refractivity contribution < 1.29 is 13.2 Å². The van der Waals surface area contributed by atoms with Crippen LogP contribution in [0, 0.1) is 0 Å². The molecule has 0 saturated carbocycles. The number of nitrogens with two attached hydrogens (primary N) is 1. The molecule has 3 N–H and O–H groups in total. The van der Waals surface area contributed by atoms with Gasteiger partial charge in [-0.3, -0.25) is 0 Å². The maximum absolute atomic E-state index is 11.5. The first-order valence-corrected chi connectivity index (χ1v) is 6.42. The Kier molecular flexibility index (Phi) is 3.88. The van der Waals surface area contributed by atoms with Crippen LogP contribution in [0.15, 0.2) is 0 Å². The first kappa shape index (κ1) is 11.9. The lowest BCUT2D eigenvalue weighted by Crippen LogP contribution is -2.52. The number of ether oxygens (including phenoxy) is 1. The molecule has 0 amide bonds. The van der Waals surface area contributed by atoms with Crippen LogP contribution in [-0.4, -0.2) is 39.5 Å². The quantitative estimate of drug-likeness (QED) is 0.667. The van der Waals surface area contributed by atoms with Gasteiger partial charge in [0.15, 0.2) is 0 Å². The molecule has 1 atom stereocenters. The maximum Gasteiger partial charge on any atom is 0.213 e. The summed E-state index contributed by atoms with van der Waals surface area (Å²) in [7, 11) is -3.24. The molecule has 0 aliphatic carbocycles. The average molecular weight is 222 g/mol. The fraction of sp³-hybridized carbons (Fsp3) is 1.00. The first-order chi connectivity index (χ1) is 6.47. The van der Waals surface area contributed by atoms with E-state index in [-0.39, 0.29) is 12.3 Å². The zero-order valence-corrected chi connectivity index (χ0v) is 9.27. The maximum atomic E-state index is 11.5. The molecule has 1 unspecified atom stereocenters. The van der Waals surface area contributed by atoms with E-state index in [2.05, 4.69) is 4.72 Å². The molecule has 6 heteroatoms. The number of hydrogen-bond acceptors (Lipinski definition) is 4. The summed E-state index contributed by atoms with van der Waals surface area (Å²) in [6, 6.07) is 0. The van der Waals surface area contributed by atoms with Crippen LogP contribution < -0.4 is 10.5 Å². The van der Waals surface area contributed by atoms with Crippen LogP contribution in [0.4, 0.5) is 0 Å². The molecular weight excluding hydrogens is 204 g/mol. The van der Waals surface area contributed by atoms with Crippen LogP contribution in [0.2, 0.25) is 0 Å². The molecule has 1 aliphatic rings. The zero-order valence-electron chi connectivity index (χ0n) is 8.45. The van der Waals surface area contributed by atoms with Crippen molar-refractivity contribution >= 4 is 10.0 Å². The second-order valence-electron chi connectivity index (χ2n) is 3.93. The summed E-state index contributed by atoms with van der Waals surface area (Å²) in [6.45, 7) is 3.16. The van der Waals surface area contributed by atoms with Crippen LogP contribution in [0.1, 0.15) is 19.8 Å². The molecule has 0 bridgehead atoms. The topological polar surface area (TPSA) is 81.4 Å². The van der Waals surface area contributed by atoms with Gasteiger partial charge in [0.25, 0.3) is 0 Å². The van der Waals surface area contributed by atoms with Crippen LogP contribution in [0.3, 0.4) is 0 Å². The third kappa shape index (κ3) is 3.53. The highest BCUT2D eigenvalue weighted by atomic mass is 32.2. The predicted octanol–water partition coefficient (Wildman–Crippen LogP) is -0.566. The number of nitrogens with one attached hydrogen (secondary N) is 1. The molecule has 0 aromatic carbocycles. The lowest BCUT2D eigenvalue weighted by Gasteiger charge is -2.33. The Balaban J connectivity index is 2.57. The SMILES string of the molecule is CC1(NS(=O)(=O)CCN)CCCOC1. The third-order valence-corrected chi connectivity index (χ3v) is 3.80. The van der Waals surface area contributed by atoms with Gasteiger partial charge in [-0.05, 0) is 19.8 Å². The molecule has 1 saturated heterocycles. The van der Waals surface area contributed by atoms with Gasteiger partial charge in [-0.25, -0.2) is 13.1 Å². The van der Waals surface area contributed by atoms with Crippen LogP contribution >= 0.6 is 0 Å². The molecular formula is C8H18N2O3S. The lowest BCUT2D eigenvalue weighted by molar-refractivity contribution is 0.0387. The molecule has 84 valence electrons. The molecule has 1 fully saturated rings. The highest BCUT2D eigenvalue weighted by molar-refractivity contribution is 7.89. The molecule has 0 aromatic heterocycles. The number of rotatable bonds is 4. The van der Waals surface area contributed by atoms with Gasteiger partial charge in [-0.1, -0.05) is 0 Å². The Hall–Kier alpha value is -0.170. The molecule has 0 aromatic rings. The molecule has 0 spiro atoms. The van der Waals surface area contributed by atoms with E-state index in [4.69, 9.17) is 10.5 Å². The minimum absolute atomic E-state index is 0.0252. The monoisotopic (exact) mass is 222 g/mol. The van der Waals surface area contributed by atoms with E-state index in [0.717, 1.165) is 12.8 Å². The standard InChI is InChI=1S/C8H18N2O3S/c1-8(3-2-5-13-7-8)10-14(11,12)6-4-9/h10H,2-7,9H2,1H3. The van der Waals surface area contributed by atoms with Gasteiger partial charge in [0.1, 0.15) is 0 Å². The Labute approximate surface area is 85.1 Å². The van der Waals surface area contributed by atoms with Crippen molar-refractivity contribution in [3.05, 3.63) is 0 Å². The van der Waals surface area contributed by atoms with Gasteiger partial charge in [0, 0.05) is 13.2 Å². The minimum Gasteiger partial charge on any atom is -0.380 e. The fourth-order valence-electron chi connectivity index (χ4n) is 1.60. The van der Waals surface area contributed by atoms with Gasteiger partial charge in [0.05, 0.1) is 17.9 Å².